The van der Waals surface area contributed by atoms with Crippen LogP contribution in [0.25, 0.3) is 0 Å². The van der Waals surface area contributed by atoms with Crippen LogP contribution in [0.1, 0.15) is 39.8 Å². The second-order valence-electron chi connectivity index (χ2n) is 6.70. The zero-order valence-corrected chi connectivity index (χ0v) is 17.2. The van der Waals surface area contributed by atoms with Crippen LogP contribution in [0.5, 0.6) is 0 Å². The van der Waals surface area contributed by atoms with E-state index in [1.165, 1.54) is 17.5 Å². The Morgan fingerprint density at radius 1 is 1.36 bits per heavy atom. The van der Waals surface area contributed by atoms with Crippen LogP contribution in [0, 0.1) is 6.92 Å². The molecule has 0 radical (unpaired) electrons. The van der Waals surface area contributed by atoms with Crippen molar-refractivity contribution in [2.75, 3.05) is 32.4 Å². The molecule has 2 aromatic rings. The van der Waals surface area contributed by atoms with Crippen LogP contribution in [0.3, 0.4) is 0 Å². The molecule has 6 nitrogen and oxygen atoms in total. The summed E-state index contributed by atoms with van der Waals surface area (Å²) in [5.74, 6) is 2.53. The lowest BCUT2D eigenvalue weighted by atomic mass is 9.94. The molecule has 1 fully saturated rings. The number of rotatable bonds is 7. The van der Waals surface area contributed by atoms with E-state index in [4.69, 9.17) is 14.3 Å². The second kappa shape index (κ2) is 11.6. The van der Waals surface area contributed by atoms with Crippen molar-refractivity contribution in [3.8, 4) is 0 Å². The minimum absolute atomic E-state index is 0.123. The number of thioether (sulfide) groups is 1. The molecule has 28 heavy (non-hydrogen) atoms. The van der Waals surface area contributed by atoms with Gasteiger partial charge in [-0.3, -0.25) is 9.59 Å². The smallest absolute Gasteiger partial charge is 0.290 e. The highest BCUT2D eigenvalue weighted by atomic mass is 32.2. The zero-order valence-electron chi connectivity index (χ0n) is 16.4. The van der Waals surface area contributed by atoms with Crippen molar-refractivity contribution in [2.45, 2.75) is 25.0 Å². The molecule has 0 bridgehead atoms. The van der Waals surface area contributed by atoms with Gasteiger partial charge in [0.15, 0.2) is 5.76 Å². The summed E-state index contributed by atoms with van der Waals surface area (Å²) in [5, 5.41) is 9.85. The Bertz CT molecular complexity index is 762. The molecule has 0 saturated carbocycles. The molecule has 2 heterocycles. The first-order valence-corrected chi connectivity index (χ1v) is 10.7. The number of hydrogen-bond acceptors (Lipinski definition) is 5. The molecule has 3 rings (SSSR count). The maximum atomic E-state index is 12.1. The highest BCUT2D eigenvalue weighted by Gasteiger charge is 2.24. The largest absolute Gasteiger partial charge is 0.483 e. The Kier molecular flexibility index (Phi) is 9.10. The molecule has 1 unspecified atom stereocenters. The van der Waals surface area contributed by atoms with Crippen LogP contribution < -0.4 is 5.32 Å². The summed E-state index contributed by atoms with van der Waals surface area (Å²) in [7, 11) is 0. The molecule has 1 aromatic carbocycles. The number of carbonyl (C=O) groups is 2. The molecule has 1 aliphatic rings. The van der Waals surface area contributed by atoms with Crippen LogP contribution in [-0.4, -0.2) is 54.8 Å². The first-order valence-electron chi connectivity index (χ1n) is 9.30. The molecule has 1 saturated heterocycles. The number of aryl methyl sites for hydroxylation is 1. The number of carboxylic acid groups (broad SMARTS) is 1. The van der Waals surface area contributed by atoms with E-state index in [2.05, 4.69) is 41.4 Å². The van der Waals surface area contributed by atoms with E-state index in [1.54, 1.807) is 17.8 Å². The number of benzene rings is 1. The number of amides is 1. The van der Waals surface area contributed by atoms with Gasteiger partial charge in [-0.15, -0.1) is 0 Å². The molecule has 1 aliphatic heterocycles. The van der Waals surface area contributed by atoms with E-state index in [-0.39, 0.29) is 12.4 Å². The van der Waals surface area contributed by atoms with Crippen molar-refractivity contribution >= 4 is 24.1 Å². The van der Waals surface area contributed by atoms with Crippen molar-refractivity contribution in [2.24, 2.45) is 0 Å². The van der Waals surface area contributed by atoms with Crippen molar-refractivity contribution < 1.29 is 19.1 Å². The molecule has 1 atom stereocenters. The lowest BCUT2D eigenvalue weighted by molar-refractivity contribution is -0.122. The van der Waals surface area contributed by atoms with Gasteiger partial charge in [-0.05, 0) is 55.3 Å². The number of hydrogen-bond donors (Lipinski definition) is 2. The normalized spacial score (nSPS) is 16.3. The Balaban J connectivity index is 0.000000878. The maximum absolute atomic E-state index is 12.1. The lowest BCUT2D eigenvalue weighted by Gasteiger charge is -2.17. The Hall–Kier alpha value is -2.25. The van der Waals surface area contributed by atoms with Gasteiger partial charge >= 0.3 is 0 Å². The first kappa shape index (κ1) is 22.0. The third-order valence-electron chi connectivity index (χ3n) is 4.79. The number of furan rings is 1. The van der Waals surface area contributed by atoms with Gasteiger partial charge in [0, 0.05) is 19.6 Å². The predicted octanol–water partition coefficient (Wildman–Crippen LogP) is 3.37. The van der Waals surface area contributed by atoms with Crippen molar-refractivity contribution in [1.82, 2.24) is 10.2 Å². The Morgan fingerprint density at radius 3 is 2.82 bits per heavy atom. The van der Waals surface area contributed by atoms with Crippen LogP contribution in [0.2, 0.25) is 0 Å². The number of nitrogens with zero attached hydrogens (tertiary/aromatic N) is 1. The van der Waals surface area contributed by atoms with Crippen LogP contribution in [0.15, 0.2) is 40.8 Å². The van der Waals surface area contributed by atoms with Gasteiger partial charge in [0.1, 0.15) is 5.76 Å². The standard InChI is InChI=1S/C20H26N2O2S.CH2O2/c1-15-5-3-4-6-18(15)16-9-11-22(13-16)12-10-21-20(23)19-8-7-17(24-19)14-25-2;2-1-3/h3-8,16H,9-14H2,1-2H3,(H,21,23);1H,(H,2,3). The van der Waals surface area contributed by atoms with E-state index in [0.717, 1.165) is 31.1 Å². The summed E-state index contributed by atoms with van der Waals surface area (Å²) >= 11 is 1.68. The average molecular weight is 405 g/mol. The lowest BCUT2D eigenvalue weighted by Crippen LogP contribution is -2.33. The van der Waals surface area contributed by atoms with Crippen LogP contribution >= 0.6 is 11.8 Å². The summed E-state index contributed by atoms with van der Waals surface area (Å²) in [4.78, 5) is 22.9. The van der Waals surface area contributed by atoms with E-state index in [0.29, 0.717) is 18.2 Å². The van der Waals surface area contributed by atoms with Gasteiger partial charge in [-0.1, -0.05) is 24.3 Å². The average Bonchev–Trinajstić information content (AvgIpc) is 3.33. The monoisotopic (exact) mass is 404 g/mol. The number of carbonyl (C=O) groups excluding carboxylic acids is 1. The maximum Gasteiger partial charge on any atom is 0.290 e. The van der Waals surface area contributed by atoms with Crippen molar-refractivity contribution in [3.63, 3.8) is 0 Å². The second-order valence-corrected chi connectivity index (χ2v) is 7.57. The topological polar surface area (TPSA) is 82.8 Å². The van der Waals surface area contributed by atoms with Gasteiger partial charge in [-0.25, -0.2) is 0 Å². The number of nitrogens with one attached hydrogen (secondary N) is 1. The van der Waals surface area contributed by atoms with E-state index in [1.807, 2.05) is 12.3 Å². The molecule has 0 spiro atoms. The van der Waals surface area contributed by atoms with E-state index >= 15 is 0 Å². The minimum atomic E-state index is -0.250. The summed E-state index contributed by atoms with van der Waals surface area (Å²) in [5.41, 5.74) is 2.84. The van der Waals surface area contributed by atoms with E-state index < -0.39 is 0 Å². The van der Waals surface area contributed by atoms with Crippen LogP contribution in [0.4, 0.5) is 0 Å². The minimum Gasteiger partial charge on any atom is -0.483 e. The molecule has 7 heteroatoms. The zero-order chi connectivity index (χ0) is 20.4. The van der Waals surface area contributed by atoms with Gasteiger partial charge in [0.05, 0.1) is 5.75 Å². The fourth-order valence-electron chi connectivity index (χ4n) is 3.47. The highest BCUT2D eigenvalue weighted by Crippen LogP contribution is 2.28. The molecule has 0 aliphatic carbocycles. The Morgan fingerprint density at radius 2 is 2.11 bits per heavy atom. The summed E-state index contributed by atoms with van der Waals surface area (Å²) in [6.45, 7) is 5.63. The SMILES string of the molecule is CSCc1ccc(C(=O)NCCN2CCC(c3ccccc3C)C2)o1.O=CO. The van der Waals surface area contributed by atoms with Gasteiger partial charge in [0.2, 0.25) is 0 Å². The quantitative estimate of drug-likeness (QED) is 0.689. The van der Waals surface area contributed by atoms with Gasteiger partial charge < -0.3 is 19.7 Å². The molecular formula is C21H28N2O4S. The molecule has 152 valence electrons. The molecule has 1 aromatic heterocycles. The fourth-order valence-corrected chi connectivity index (χ4v) is 3.91. The van der Waals surface area contributed by atoms with E-state index in [9.17, 15) is 4.79 Å². The first-order chi connectivity index (χ1) is 13.6. The fraction of sp³-hybridized carbons (Fsp3) is 0.429. The van der Waals surface area contributed by atoms with Crippen molar-refractivity contribution in [1.29, 1.82) is 0 Å². The molecule has 2 N–H and O–H groups in total. The van der Waals surface area contributed by atoms with Gasteiger partial charge in [-0.2, -0.15) is 11.8 Å². The third-order valence-corrected chi connectivity index (χ3v) is 5.36. The van der Waals surface area contributed by atoms with Crippen molar-refractivity contribution in [3.05, 3.63) is 59.0 Å². The summed E-state index contributed by atoms with van der Waals surface area (Å²) < 4.78 is 5.55. The van der Waals surface area contributed by atoms with Gasteiger partial charge in [0.25, 0.3) is 12.4 Å². The summed E-state index contributed by atoms with van der Waals surface area (Å²) in [6, 6.07) is 12.3. The number of likely N-dealkylation sites (tertiary alicyclic amines) is 1. The summed E-state index contributed by atoms with van der Waals surface area (Å²) in [6.07, 6.45) is 3.21. The molecular weight excluding hydrogens is 376 g/mol. The Labute approximate surface area is 170 Å². The molecule has 1 amide bonds. The highest BCUT2D eigenvalue weighted by molar-refractivity contribution is 7.97. The van der Waals surface area contributed by atoms with Crippen LogP contribution in [-0.2, 0) is 10.5 Å². The predicted molar refractivity (Wildman–Crippen MR) is 112 cm³/mol. The third kappa shape index (κ3) is 6.42.